The van der Waals surface area contributed by atoms with Crippen molar-refractivity contribution in [3.05, 3.63) is 0 Å². The molecule has 1 N–H and O–H groups in total. The fourth-order valence-electron chi connectivity index (χ4n) is 2.46. The van der Waals surface area contributed by atoms with Crippen molar-refractivity contribution in [3.8, 4) is 0 Å². The molecule has 1 fully saturated rings. The van der Waals surface area contributed by atoms with E-state index >= 15 is 0 Å². The van der Waals surface area contributed by atoms with E-state index in [1.807, 2.05) is 0 Å². The molecule has 0 aromatic carbocycles. The zero-order valence-electron chi connectivity index (χ0n) is 9.17. The van der Waals surface area contributed by atoms with Crippen LogP contribution >= 0.6 is 0 Å². The van der Waals surface area contributed by atoms with Gasteiger partial charge in [0.2, 0.25) is 0 Å². The molecule has 0 radical (unpaired) electrons. The van der Waals surface area contributed by atoms with Gasteiger partial charge in [0, 0.05) is 6.42 Å². The van der Waals surface area contributed by atoms with Gasteiger partial charge >= 0.3 is 5.97 Å². The molecule has 1 rings (SSSR count). The molecular weight excluding hydrogens is 176 g/mol. The first kappa shape index (κ1) is 11.5. The van der Waals surface area contributed by atoms with Gasteiger partial charge in [-0.2, -0.15) is 0 Å². The van der Waals surface area contributed by atoms with Crippen LogP contribution in [0, 0.1) is 11.8 Å². The second-order valence-electron chi connectivity index (χ2n) is 4.63. The van der Waals surface area contributed by atoms with Crippen LogP contribution in [0.5, 0.6) is 0 Å². The van der Waals surface area contributed by atoms with E-state index in [9.17, 15) is 4.79 Å². The van der Waals surface area contributed by atoms with Crippen molar-refractivity contribution >= 4 is 5.97 Å². The lowest BCUT2D eigenvalue weighted by atomic mass is 9.78. The van der Waals surface area contributed by atoms with Gasteiger partial charge < -0.3 is 5.11 Å². The molecule has 0 atom stereocenters. The topological polar surface area (TPSA) is 37.3 Å². The average molecular weight is 198 g/mol. The largest absolute Gasteiger partial charge is 0.481 e. The summed E-state index contributed by atoms with van der Waals surface area (Å²) >= 11 is 0. The molecule has 1 aliphatic rings. The minimum atomic E-state index is -0.623. The highest BCUT2D eigenvalue weighted by molar-refractivity contribution is 5.67. The summed E-state index contributed by atoms with van der Waals surface area (Å²) in [5.41, 5.74) is 0. The molecule has 0 aromatic rings. The quantitative estimate of drug-likeness (QED) is 0.734. The van der Waals surface area contributed by atoms with Crippen molar-refractivity contribution in [2.24, 2.45) is 11.8 Å². The molecule has 0 saturated heterocycles. The first-order chi connectivity index (χ1) is 6.72. The van der Waals surface area contributed by atoms with Crippen LogP contribution in [0.4, 0.5) is 0 Å². The maximum absolute atomic E-state index is 10.5. The Kier molecular flexibility index (Phi) is 4.99. The third-order valence-corrected chi connectivity index (χ3v) is 3.40. The molecule has 14 heavy (non-hydrogen) atoms. The standard InChI is InChI=1S/C12H22O2/c1-2-3-4-10-5-7-11(8-6-10)9-12(13)14/h10-11H,2-9H2,1H3,(H,13,14)/t10-,11+. The first-order valence-corrected chi connectivity index (χ1v) is 5.94. The van der Waals surface area contributed by atoms with Crippen LogP contribution in [0.25, 0.3) is 0 Å². The summed E-state index contributed by atoms with van der Waals surface area (Å²) in [4.78, 5) is 10.5. The Morgan fingerprint density at radius 2 is 1.79 bits per heavy atom. The molecule has 2 nitrogen and oxygen atoms in total. The Labute approximate surface area is 86.7 Å². The van der Waals surface area contributed by atoms with E-state index in [1.165, 1.54) is 32.1 Å². The van der Waals surface area contributed by atoms with Gasteiger partial charge in [0.1, 0.15) is 0 Å². The van der Waals surface area contributed by atoms with Gasteiger partial charge in [0.25, 0.3) is 0 Å². The lowest BCUT2D eigenvalue weighted by molar-refractivity contribution is -0.138. The second kappa shape index (κ2) is 6.05. The van der Waals surface area contributed by atoms with E-state index in [-0.39, 0.29) is 0 Å². The van der Waals surface area contributed by atoms with E-state index in [1.54, 1.807) is 0 Å². The number of carbonyl (C=O) groups is 1. The zero-order chi connectivity index (χ0) is 10.4. The third-order valence-electron chi connectivity index (χ3n) is 3.40. The number of hydrogen-bond donors (Lipinski definition) is 1. The Balaban J connectivity index is 2.14. The molecule has 0 spiro atoms. The maximum atomic E-state index is 10.5. The summed E-state index contributed by atoms with van der Waals surface area (Å²) < 4.78 is 0. The minimum Gasteiger partial charge on any atom is -0.481 e. The first-order valence-electron chi connectivity index (χ1n) is 5.94. The lowest BCUT2D eigenvalue weighted by Gasteiger charge is -2.27. The molecule has 2 heteroatoms. The van der Waals surface area contributed by atoms with E-state index in [0.717, 1.165) is 18.8 Å². The van der Waals surface area contributed by atoms with Crippen LogP contribution in [-0.4, -0.2) is 11.1 Å². The van der Waals surface area contributed by atoms with Gasteiger partial charge in [-0.25, -0.2) is 0 Å². The highest BCUT2D eigenvalue weighted by Gasteiger charge is 2.22. The third kappa shape index (κ3) is 4.12. The van der Waals surface area contributed by atoms with Crippen molar-refractivity contribution in [3.63, 3.8) is 0 Å². The summed E-state index contributed by atoms with van der Waals surface area (Å²) in [6.45, 7) is 2.23. The van der Waals surface area contributed by atoms with Gasteiger partial charge in [-0.1, -0.05) is 39.0 Å². The fraction of sp³-hybridized carbons (Fsp3) is 0.917. The second-order valence-corrected chi connectivity index (χ2v) is 4.63. The Morgan fingerprint density at radius 1 is 1.21 bits per heavy atom. The van der Waals surface area contributed by atoms with Gasteiger partial charge in [-0.05, 0) is 24.7 Å². The van der Waals surface area contributed by atoms with E-state index < -0.39 is 5.97 Å². The van der Waals surface area contributed by atoms with Crippen molar-refractivity contribution < 1.29 is 9.90 Å². The highest BCUT2D eigenvalue weighted by atomic mass is 16.4. The van der Waals surface area contributed by atoms with Crippen LogP contribution in [-0.2, 0) is 4.79 Å². The summed E-state index contributed by atoms with van der Waals surface area (Å²) in [6.07, 6.45) is 9.18. The minimum absolute atomic E-state index is 0.389. The number of carboxylic acids is 1. The van der Waals surface area contributed by atoms with Crippen LogP contribution < -0.4 is 0 Å². The molecule has 0 aliphatic heterocycles. The summed E-state index contributed by atoms with van der Waals surface area (Å²) in [6, 6.07) is 0. The van der Waals surface area contributed by atoms with Gasteiger partial charge in [0.05, 0.1) is 0 Å². The molecule has 0 amide bonds. The number of aliphatic carboxylic acids is 1. The van der Waals surface area contributed by atoms with Crippen LogP contribution in [0.15, 0.2) is 0 Å². The predicted molar refractivity (Wildman–Crippen MR) is 57.2 cm³/mol. The Morgan fingerprint density at radius 3 is 2.29 bits per heavy atom. The monoisotopic (exact) mass is 198 g/mol. The van der Waals surface area contributed by atoms with Gasteiger partial charge in [-0.15, -0.1) is 0 Å². The Bertz CT molecular complexity index is 169. The predicted octanol–water partition coefficient (Wildman–Crippen LogP) is 3.46. The van der Waals surface area contributed by atoms with Crippen molar-refractivity contribution in [2.45, 2.75) is 58.3 Å². The smallest absolute Gasteiger partial charge is 0.303 e. The molecule has 0 unspecified atom stereocenters. The lowest BCUT2D eigenvalue weighted by Crippen LogP contribution is -2.17. The normalized spacial score (nSPS) is 27.5. The van der Waals surface area contributed by atoms with E-state index in [0.29, 0.717) is 12.3 Å². The number of hydrogen-bond acceptors (Lipinski definition) is 1. The van der Waals surface area contributed by atoms with E-state index in [4.69, 9.17) is 5.11 Å². The maximum Gasteiger partial charge on any atom is 0.303 e. The molecule has 0 bridgehead atoms. The summed E-state index contributed by atoms with van der Waals surface area (Å²) in [5, 5.41) is 8.67. The van der Waals surface area contributed by atoms with Crippen LogP contribution in [0.3, 0.4) is 0 Å². The molecule has 82 valence electrons. The van der Waals surface area contributed by atoms with Crippen LogP contribution in [0.1, 0.15) is 58.3 Å². The summed E-state index contributed by atoms with van der Waals surface area (Å²) in [5.74, 6) is 0.729. The summed E-state index contributed by atoms with van der Waals surface area (Å²) in [7, 11) is 0. The number of unbranched alkanes of at least 4 members (excludes halogenated alkanes) is 1. The van der Waals surface area contributed by atoms with Gasteiger partial charge in [0.15, 0.2) is 0 Å². The van der Waals surface area contributed by atoms with Crippen molar-refractivity contribution in [2.75, 3.05) is 0 Å². The molecular formula is C12H22O2. The van der Waals surface area contributed by atoms with E-state index in [2.05, 4.69) is 6.92 Å². The molecule has 1 saturated carbocycles. The van der Waals surface area contributed by atoms with Crippen LogP contribution in [0.2, 0.25) is 0 Å². The number of carboxylic acid groups (broad SMARTS) is 1. The molecule has 0 heterocycles. The average Bonchev–Trinajstić information content (AvgIpc) is 2.16. The van der Waals surface area contributed by atoms with Crippen molar-refractivity contribution in [1.29, 1.82) is 0 Å². The SMILES string of the molecule is CCCC[C@H]1CC[C@@H](CC(=O)O)CC1. The molecule has 1 aliphatic carbocycles. The highest BCUT2D eigenvalue weighted by Crippen LogP contribution is 2.33. The fourth-order valence-corrected chi connectivity index (χ4v) is 2.46. The molecule has 0 aromatic heterocycles. The van der Waals surface area contributed by atoms with Gasteiger partial charge in [-0.3, -0.25) is 4.79 Å². The zero-order valence-corrected chi connectivity index (χ0v) is 9.17. The number of rotatable bonds is 5. The van der Waals surface area contributed by atoms with Crippen molar-refractivity contribution in [1.82, 2.24) is 0 Å². The Hall–Kier alpha value is -0.530.